The van der Waals surface area contributed by atoms with Gasteiger partial charge in [-0.1, -0.05) is 12.1 Å². The highest BCUT2D eigenvalue weighted by Gasteiger charge is 2.28. The van der Waals surface area contributed by atoms with Gasteiger partial charge in [-0.15, -0.1) is 0 Å². The van der Waals surface area contributed by atoms with Gasteiger partial charge in [-0.2, -0.15) is 13.2 Å². The molecule has 1 aliphatic heterocycles. The zero-order valence-electron chi connectivity index (χ0n) is 13.0. The van der Waals surface area contributed by atoms with Crippen molar-refractivity contribution in [2.24, 2.45) is 0 Å². The van der Waals surface area contributed by atoms with E-state index in [1.165, 1.54) is 0 Å². The van der Waals surface area contributed by atoms with E-state index in [1.807, 2.05) is 0 Å². The van der Waals surface area contributed by atoms with E-state index in [0.29, 0.717) is 11.4 Å². The van der Waals surface area contributed by atoms with Crippen molar-refractivity contribution < 1.29 is 37.0 Å². The number of hydrogen-bond donors (Lipinski definition) is 1. The summed E-state index contributed by atoms with van der Waals surface area (Å²) in [6.07, 6.45) is -4.50. The molecule has 1 aromatic rings. The lowest BCUT2D eigenvalue weighted by atomic mass is 10.2. The minimum Gasteiger partial charge on any atom is -0.491 e. The van der Waals surface area contributed by atoms with Crippen LogP contribution in [0.1, 0.15) is 6.42 Å². The van der Waals surface area contributed by atoms with Crippen LogP contribution in [0.4, 0.5) is 18.9 Å². The first-order chi connectivity index (χ1) is 11.8. The monoisotopic (exact) mass is 360 g/mol. The molecule has 1 heterocycles. The molecule has 0 atom stereocenters. The van der Waals surface area contributed by atoms with Crippen LogP contribution in [0.3, 0.4) is 0 Å². The molecule has 2 rings (SSSR count). The van der Waals surface area contributed by atoms with E-state index < -0.39 is 37.7 Å². The molecule has 1 N–H and O–H groups in total. The number of alkyl halides is 3. The Balaban J connectivity index is 1.91. The number of amides is 2. The second-order valence-corrected chi connectivity index (χ2v) is 5.10. The van der Waals surface area contributed by atoms with E-state index in [-0.39, 0.29) is 18.9 Å². The van der Waals surface area contributed by atoms with Gasteiger partial charge in [0.1, 0.15) is 18.8 Å². The summed E-state index contributed by atoms with van der Waals surface area (Å²) in [7, 11) is 0. The van der Waals surface area contributed by atoms with Gasteiger partial charge in [0.05, 0.1) is 18.7 Å². The van der Waals surface area contributed by atoms with Gasteiger partial charge in [-0.25, -0.2) is 0 Å². The number of carbonyl (C=O) groups is 3. The summed E-state index contributed by atoms with van der Waals surface area (Å²) in [5.74, 6) is -1.96. The van der Waals surface area contributed by atoms with Crippen LogP contribution in [0.5, 0.6) is 5.75 Å². The molecule has 0 aliphatic carbocycles. The number of hydrogen-bond acceptors (Lipinski definition) is 5. The summed E-state index contributed by atoms with van der Waals surface area (Å²) in [6.45, 7) is -2.71. The average molecular weight is 360 g/mol. The summed E-state index contributed by atoms with van der Waals surface area (Å²) < 4.78 is 45.9. The summed E-state index contributed by atoms with van der Waals surface area (Å²) in [6, 6.07) is 6.58. The molecular weight excluding hydrogens is 345 g/mol. The lowest BCUT2D eigenvalue weighted by Gasteiger charge is -2.20. The smallest absolute Gasteiger partial charge is 0.405 e. The molecule has 0 spiro atoms. The van der Waals surface area contributed by atoms with Gasteiger partial charge in [0, 0.05) is 0 Å². The standard InChI is InChI=1S/C15H15F3N2O5/c16-15(17,18)9-19-12(21)8-25-14(23)7-20-10-3-1-2-4-11(10)24-6-5-13(20)22/h1-4H,5-9H2,(H,19,21). The molecule has 0 fully saturated rings. The molecule has 0 saturated carbocycles. The van der Waals surface area contributed by atoms with E-state index in [9.17, 15) is 27.6 Å². The summed E-state index contributed by atoms with van der Waals surface area (Å²) in [4.78, 5) is 36.3. The SMILES string of the molecule is O=C(COC(=O)CN1C(=O)CCOc2ccccc21)NCC(F)(F)F. The van der Waals surface area contributed by atoms with Crippen LogP contribution in [-0.2, 0) is 19.1 Å². The molecule has 1 aromatic carbocycles. The second kappa shape index (κ2) is 7.86. The maximum absolute atomic E-state index is 12.1. The number of nitrogens with zero attached hydrogens (tertiary/aromatic N) is 1. The van der Waals surface area contributed by atoms with Crippen molar-refractivity contribution in [2.75, 3.05) is 31.2 Å². The largest absolute Gasteiger partial charge is 0.491 e. The van der Waals surface area contributed by atoms with Crippen LogP contribution >= 0.6 is 0 Å². The number of halogens is 3. The van der Waals surface area contributed by atoms with E-state index in [2.05, 4.69) is 4.74 Å². The van der Waals surface area contributed by atoms with Gasteiger partial charge in [0.2, 0.25) is 5.91 Å². The molecule has 0 saturated heterocycles. The number of ether oxygens (including phenoxy) is 2. The maximum atomic E-state index is 12.1. The Morgan fingerprint density at radius 2 is 2.00 bits per heavy atom. The van der Waals surface area contributed by atoms with E-state index in [1.54, 1.807) is 29.6 Å². The molecule has 2 amide bonds. The predicted octanol–water partition coefficient (Wildman–Crippen LogP) is 1.02. The fraction of sp³-hybridized carbons (Fsp3) is 0.400. The van der Waals surface area contributed by atoms with Gasteiger partial charge >= 0.3 is 12.1 Å². The number of rotatable bonds is 5. The van der Waals surface area contributed by atoms with Crippen molar-refractivity contribution in [1.82, 2.24) is 5.32 Å². The molecule has 0 bridgehead atoms. The van der Waals surface area contributed by atoms with Gasteiger partial charge in [-0.05, 0) is 12.1 Å². The Morgan fingerprint density at radius 1 is 1.28 bits per heavy atom. The predicted molar refractivity (Wildman–Crippen MR) is 78.9 cm³/mol. The Labute approximate surface area is 140 Å². The molecule has 25 heavy (non-hydrogen) atoms. The normalized spacial score (nSPS) is 14.2. The van der Waals surface area contributed by atoms with E-state index in [0.717, 1.165) is 4.90 Å². The van der Waals surface area contributed by atoms with Crippen molar-refractivity contribution in [1.29, 1.82) is 0 Å². The first kappa shape index (κ1) is 18.6. The first-order valence-electron chi connectivity index (χ1n) is 7.27. The first-order valence-corrected chi connectivity index (χ1v) is 7.27. The highest BCUT2D eigenvalue weighted by molar-refractivity contribution is 5.99. The number of para-hydroxylation sites is 2. The van der Waals surface area contributed by atoms with Crippen molar-refractivity contribution >= 4 is 23.5 Å². The number of nitrogens with one attached hydrogen (secondary N) is 1. The minimum absolute atomic E-state index is 0.0496. The van der Waals surface area contributed by atoms with Gasteiger partial charge in [0.25, 0.3) is 5.91 Å². The second-order valence-electron chi connectivity index (χ2n) is 5.10. The van der Waals surface area contributed by atoms with Crippen molar-refractivity contribution in [3.05, 3.63) is 24.3 Å². The Bertz CT molecular complexity index is 663. The zero-order chi connectivity index (χ0) is 18.4. The van der Waals surface area contributed by atoms with Crippen LogP contribution in [0, 0.1) is 0 Å². The van der Waals surface area contributed by atoms with Crippen LogP contribution < -0.4 is 15.0 Å². The molecule has 0 unspecified atom stereocenters. The fourth-order valence-electron chi connectivity index (χ4n) is 2.06. The van der Waals surface area contributed by atoms with E-state index in [4.69, 9.17) is 4.74 Å². The minimum atomic E-state index is -4.55. The van der Waals surface area contributed by atoms with Crippen molar-refractivity contribution in [2.45, 2.75) is 12.6 Å². The lowest BCUT2D eigenvalue weighted by Crippen LogP contribution is -2.39. The quantitative estimate of drug-likeness (QED) is 0.793. The van der Waals surface area contributed by atoms with Crippen LogP contribution in [0.2, 0.25) is 0 Å². The maximum Gasteiger partial charge on any atom is 0.405 e. The summed E-state index contributed by atoms with van der Waals surface area (Å²) >= 11 is 0. The fourth-order valence-corrected chi connectivity index (χ4v) is 2.06. The molecular formula is C15H15F3N2O5. The molecule has 0 aromatic heterocycles. The van der Waals surface area contributed by atoms with Crippen LogP contribution in [0.25, 0.3) is 0 Å². The third-order valence-electron chi connectivity index (χ3n) is 3.17. The lowest BCUT2D eigenvalue weighted by molar-refractivity contribution is -0.150. The zero-order valence-corrected chi connectivity index (χ0v) is 13.0. The number of fused-ring (bicyclic) bond motifs is 1. The topological polar surface area (TPSA) is 84.9 Å². The average Bonchev–Trinajstić information content (AvgIpc) is 2.70. The number of benzene rings is 1. The van der Waals surface area contributed by atoms with Gasteiger partial charge in [0.15, 0.2) is 6.61 Å². The van der Waals surface area contributed by atoms with Crippen LogP contribution in [0.15, 0.2) is 24.3 Å². The molecule has 1 aliphatic rings. The molecule has 136 valence electrons. The highest BCUT2D eigenvalue weighted by atomic mass is 19.4. The summed E-state index contributed by atoms with van der Waals surface area (Å²) in [5, 5.41) is 1.57. The van der Waals surface area contributed by atoms with Gasteiger partial charge < -0.3 is 14.8 Å². The number of anilines is 1. The number of carbonyl (C=O) groups excluding carboxylic acids is 3. The van der Waals surface area contributed by atoms with Crippen LogP contribution in [-0.4, -0.2) is 50.3 Å². The third kappa shape index (κ3) is 5.66. The van der Waals surface area contributed by atoms with E-state index >= 15 is 0 Å². The Kier molecular flexibility index (Phi) is 5.84. The van der Waals surface area contributed by atoms with Crippen molar-refractivity contribution in [3.63, 3.8) is 0 Å². The Morgan fingerprint density at radius 3 is 2.72 bits per heavy atom. The highest BCUT2D eigenvalue weighted by Crippen LogP contribution is 2.30. The molecule has 10 heteroatoms. The van der Waals surface area contributed by atoms with Crippen molar-refractivity contribution in [3.8, 4) is 5.75 Å². The Hall–Kier alpha value is -2.78. The summed E-state index contributed by atoms with van der Waals surface area (Å²) in [5.41, 5.74) is 0.378. The molecule has 0 radical (unpaired) electrons. The number of esters is 1. The van der Waals surface area contributed by atoms with Gasteiger partial charge in [-0.3, -0.25) is 19.3 Å². The third-order valence-corrected chi connectivity index (χ3v) is 3.17. The molecule has 7 nitrogen and oxygen atoms in total.